The van der Waals surface area contributed by atoms with Crippen LogP contribution in [0.2, 0.25) is 0 Å². The molecule has 1 fully saturated rings. The standard InChI is InChI=1S/C10H16N4OS/c11-8-1-5-14(6-2-8)9(15)7-16-10-12-3-4-13-10/h3-4,8H,1-2,5-7,11H2,(H,12,13). The zero-order valence-electron chi connectivity index (χ0n) is 9.06. The van der Waals surface area contributed by atoms with Gasteiger partial charge >= 0.3 is 0 Å². The van der Waals surface area contributed by atoms with Gasteiger partial charge in [-0.05, 0) is 12.8 Å². The van der Waals surface area contributed by atoms with Gasteiger partial charge in [-0.15, -0.1) is 0 Å². The number of nitrogens with zero attached hydrogens (tertiary/aromatic N) is 2. The third-order valence-corrected chi connectivity index (χ3v) is 3.59. The highest BCUT2D eigenvalue weighted by molar-refractivity contribution is 7.99. The fourth-order valence-corrected chi connectivity index (χ4v) is 2.43. The summed E-state index contributed by atoms with van der Waals surface area (Å²) in [4.78, 5) is 20.7. The third-order valence-electron chi connectivity index (χ3n) is 2.70. The number of H-pyrrole nitrogens is 1. The van der Waals surface area contributed by atoms with E-state index in [4.69, 9.17) is 5.73 Å². The highest BCUT2D eigenvalue weighted by atomic mass is 32.2. The van der Waals surface area contributed by atoms with Gasteiger partial charge in [0, 0.05) is 31.5 Å². The second-order valence-corrected chi connectivity index (χ2v) is 4.87. The van der Waals surface area contributed by atoms with Gasteiger partial charge in [-0.25, -0.2) is 4.98 Å². The van der Waals surface area contributed by atoms with Crippen LogP contribution in [0.4, 0.5) is 0 Å². The lowest BCUT2D eigenvalue weighted by molar-refractivity contribution is -0.129. The van der Waals surface area contributed by atoms with E-state index >= 15 is 0 Å². The van der Waals surface area contributed by atoms with E-state index < -0.39 is 0 Å². The van der Waals surface area contributed by atoms with Crippen molar-refractivity contribution in [3.05, 3.63) is 12.4 Å². The minimum atomic E-state index is 0.174. The summed E-state index contributed by atoms with van der Waals surface area (Å²) in [5.74, 6) is 0.622. The average molecular weight is 240 g/mol. The predicted octanol–water partition coefficient (Wildman–Crippen LogP) is 0.451. The number of nitrogens with one attached hydrogen (secondary N) is 1. The monoisotopic (exact) mass is 240 g/mol. The Morgan fingerprint density at radius 2 is 2.38 bits per heavy atom. The number of imidazole rings is 1. The maximum absolute atomic E-state index is 11.8. The van der Waals surface area contributed by atoms with E-state index in [1.165, 1.54) is 11.8 Å². The van der Waals surface area contributed by atoms with E-state index in [1.807, 2.05) is 4.90 Å². The van der Waals surface area contributed by atoms with Crippen molar-refractivity contribution in [1.29, 1.82) is 0 Å². The van der Waals surface area contributed by atoms with Crippen molar-refractivity contribution in [2.45, 2.75) is 24.0 Å². The van der Waals surface area contributed by atoms with Crippen LogP contribution in [0, 0.1) is 0 Å². The summed E-state index contributed by atoms with van der Waals surface area (Å²) in [5, 5.41) is 0.794. The summed E-state index contributed by atoms with van der Waals surface area (Å²) < 4.78 is 0. The first-order valence-electron chi connectivity index (χ1n) is 5.41. The smallest absolute Gasteiger partial charge is 0.233 e. The first kappa shape index (κ1) is 11.5. The number of amides is 1. The molecule has 16 heavy (non-hydrogen) atoms. The molecular weight excluding hydrogens is 224 g/mol. The molecule has 3 N–H and O–H groups in total. The molecule has 1 aliphatic rings. The molecule has 6 heteroatoms. The van der Waals surface area contributed by atoms with Crippen LogP contribution in [0.5, 0.6) is 0 Å². The van der Waals surface area contributed by atoms with E-state index in [9.17, 15) is 4.79 Å². The minimum absolute atomic E-state index is 0.174. The highest BCUT2D eigenvalue weighted by Crippen LogP contribution is 2.14. The Morgan fingerprint density at radius 3 is 3.00 bits per heavy atom. The van der Waals surface area contributed by atoms with Crippen LogP contribution in [0.25, 0.3) is 0 Å². The molecule has 0 unspecified atom stereocenters. The van der Waals surface area contributed by atoms with E-state index in [0.717, 1.165) is 31.1 Å². The first-order chi connectivity index (χ1) is 7.75. The number of thioether (sulfide) groups is 1. The Balaban J connectivity index is 1.75. The van der Waals surface area contributed by atoms with Crippen molar-refractivity contribution in [1.82, 2.24) is 14.9 Å². The Bertz CT molecular complexity index is 333. The number of hydrogen-bond donors (Lipinski definition) is 2. The molecule has 0 saturated carbocycles. The number of piperidine rings is 1. The number of hydrogen-bond acceptors (Lipinski definition) is 4. The summed E-state index contributed by atoms with van der Waals surface area (Å²) in [6.45, 7) is 1.58. The molecule has 0 radical (unpaired) electrons. The van der Waals surface area contributed by atoms with Crippen LogP contribution < -0.4 is 5.73 Å². The van der Waals surface area contributed by atoms with Crippen LogP contribution in [0.3, 0.4) is 0 Å². The fraction of sp³-hybridized carbons (Fsp3) is 0.600. The Labute approximate surface area is 98.8 Å². The lowest BCUT2D eigenvalue weighted by atomic mass is 10.1. The number of nitrogens with two attached hydrogens (primary N) is 1. The molecule has 1 aliphatic heterocycles. The first-order valence-corrected chi connectivity index (χ1v) is 6.40. The van der Waals surface area contributed by atoms with Crippen molar-refractivity contribution in [2.24, 2.45) is 5.73 Å². The number of carbonyl (C=O) groups excluding carboxylic acids is 1. The Kier molecular flexibility index (Phi) is 3.84. The molecule has 2 heterocycles. The van der Waals surface area contributed by atoms with Gasteiger partial charge in [0.15, 0.2) is 5.16 Å². The SMILES string of the molecule is NC1CCN(C(=O)CSc2ncc[nH]2)CC1. The molecule has 2 rings (SSSR count). The quantitative estimate of drug-likeness (QED) is 0.752. The van der Waals surface area contributed by atoms with Gasteiger partial charge in [0.05, 0.1) is 5.75 Å². The molecule has 0 atom stereocenters. The number of likely N-dealkylation sites (tertiary alicyclic amines) is 1. The molecule has 0 aromatic carbocycles. The van der Waals surface area contributed by atoms with Crippen molar-refractivity contribution < 1.29 is 4.79 Å². The average Bonchev–Trinajstić information content (AvgIpc) is 2.80. The fourth-order valence-electron chi connectivity index (χ4n) is 1.70. The normalized spacial score (nSPS) is 17.7. The lowest BCUT2D eigenvalue weighted by Crippen LogP contribution is -2.43. The molecule has 0 spiro atoms. The number of aromatic nitrogens is 2. The summed E-state index contributed by atoms with van der Waals surface area (Å²) in [7, 11) is 0. The predicted molar refractivity (Wildman–Crippen MR) is 63.1 cm³/mol. The second kappa shape index (κ2) is 5.36. The van der Waals surface area contributed by atoms with Crippen LogP contribution >= 0.6 is 11.8 Å². The second-order valence-electron chi connectivity index (χ2n) is 3.90. The minimum Gasteiger partial charge on any atom is -0.342 e. The summed E-state index contributed by atoms with van der Waals surface area (Å²) in [6, 6.07) is 0.266. The topological polar surface area (TPSA) is 75.0 Å². The highest BCUT2D eigenvalue weighted by Gasteiger charge is 2.20. The van der Waals surface area contributed by atoms with E-state index in [2.05, 4.69) is 9.97 Å². The molecule has 1 saturated heterocycles. The largest absolute Gasteiger partial charge is 0.342 e. The van der Waals surface area contributed by atoms with Crippen LogP contribution in [0.15, 0.2) is 17.6 Å². The summed E-state index contributed by atoms with van der Waals surface area (Å²) in [5.41, 5.74) is 5.79. The van der Waals surface area contributed by atoms with Crippen molar-refractivity contribution in [3.63, 3.8) is 0 Å². The molecule has 1 aromatic rings. The molecule has 5 nitrogen and oxygen atoms in total. The van der Waals surface area contributed by atoms with Crippen LogP contribution in [0.1, 0.15) is 12.8 Å². The Morgan fingerprint density at radius 1 is 1.62 bits per heavy atom. The van der Waals surface area contributed by atoms with Crippen molar-refractivity contribution >= 4 is 17.7 Å². The van der Waals surface area contributed by atoms with Gasteiger partial charge < -0.3 is 15.6 Å². The van der Waals surface area contributed by atoms with E-state index in [-0.39, 0.29) is 11.9 Å². The number of carbonyl (C=O) groups is 1. The zero-order chi connectivity index (χ0) is 11.4. The number of aromatic amines is 1. The Hall–Kier alpha value is -1.01. The third kappa shape index (κ3) is 2.99. The van der Waals surface area contributed by atoms with Crippen LogP contribution in [-0.2, 0) is 4.79 Å². The van der Waals surface area contributed by atoms with Gasteiger partial charge in [-0.2, -0.15) is 0 Å². The summed E-state index contributed by atoms with van der Waals surface area (Å²) >= 11 is 1.44. The maximum atomic E-state index is 11.8. The molecule has 0 bridgehead atoms. The van der Waals surface area contributed by atoms with E-state index in [0.29, 0.717) is 5.75 Å². The van der Waals surface area contributed by atoms with Gasteiger partial charge in [-0.3, -0.25) is 4.79 Å². The molecule has 1 amide bonds. The van der Waals surface area contributed by atoms with Gasteiger partial charge in [0.2, 0.25) is 5.91 Å². The molecule has 0 aliphatic carbocycles. The van der Waals surface area contributed by atoms with Crippen molar-refractivity contribution in [3.8, 4) is 0 Å². The van der Waals surface area contributed by atoms with Gasteiger partial charge in [-0.1, -0.05) is 11.8 Å². The molecule has 1 aromatic heterocycles. The zero-order valence-corrected chi connectivity index (χ0v) is 9.87. The summed E-state index contributed by atoms with van der Waals surface area (Å²) in [6.07, 6.45) is 5.27. The maximum Gasteiger partial charge on any atom is 0.233 e. The van der Waals surface area contributed by atoms with Crippen molar-refractivity contribution in [2.75, 3.05) is 18.8 Å². The van der Waals surface area contributed by atoms with Gasteiger partial charge in [0.25, 0.3) is 0 Å². The van der Waals surface area contributed by atoms with E-state index in [1.54, 1.807) is 12.4 Å². The van der Waals surface area contributed by atoms with Crippen LogP contribution in [-0.4, -0.2) is 45.7 Å². The number of rotatable bonds is 3. The molecular formula is C10H16N4OS. The van der Waals surface area contributed by atoms with Gasteiger partial charge in [0.1, 0.15) is 0 Å². The molecule has 88 valence electrons. The lowest BCUT2D eigenvalue weighted by Gasteiger charge is -2.30.